The summed E-state index contributed by atoms with van der Waals surface area (Å²) >= 11 is 0. The molecule has 0 bridgehead atoms. The Kier molecular flexibility index (Phi) is 9.46. The predicted octanol–water partition coefficient (Wildman–Crippen LogP) is 3.01. The summed E-state index contributed by atoms with van der Waals surface area (Å²) in [6.45, 7) is 14.8. The molecule has 0 aromatic heterocycles. The third-order valence-electron chi connectivity index (χ3n) is 4.24. The van der Waals surface area contributed by atoms with Crippen molar-refractivity contribution in [2.24, 2.45) is 11.7 Å². The normalized spacial score (nSPS) is 22.4. The summed E-state index contributed by atoms with van der Waals surface area (Å²) in [5, 5.41) is 11.1. The van der Waals surface area contributed by atoms with Crippen LogP contribution in [-0.2, 0) is 0 Å². The van der Waals surface area contributed by atoms with Gasteiger partial charge in [-0.3, -0.25) is 0 Å². The van der Waals surface area contributed by atoms with Crippen LogP contribution in [0.2, 0.25) is 0 Å². The van der Waals surface area contributed by atoms with Gasteiger partial charge >= 0.3 is 121 Å². The van der Waals surface area contributed by atoms with E-state index in [1.807, 2.05) is 65.6 Å². The Balaban J connectivity index is 0.00000123. The van der Waals surface area contributed by atoms with Gasteiger partial charge in [0.2, 0.25) is 0 Å². The molecule has 1 aliphatic rings. The third kappa shape index (κ3) is 5.15. The molecule has 2 atom stereocenters. The van der Waals surface area contributed by atoms with Crippen molar-refractivity contribution in [2.75, 3.05) is 0 Å². The zero-order chi connectivity index (χ0) is 19.0. The number of carbonyl (C=O) groups excluding carboxylic acids is 1. The Hall–Kier alpha value is -1.19. The second kappa shape index (κ2) is 9.95. The van der Waals surface area contributed by atoms with Crippen molar-refractivity contribution in [3.05, 3.63) is 35.9 Å². The van der Waals surface area contributed by atoms with Crippen LogP contribution in [0.3, 0.4) is 0 Å². The Morgan fingerprint density at radius 1 is 1.25 bits per heavy atom. The van der Waals surface area contributed by atoms with E-state index in [2.05, 4.69) is 0 Å². The summed E-state index contributed by atoms with van der Waals surface area (Å²) < 4.78 is 0. The van der Waals surface area contributed by atoms with Gasteiger partial charge in [-0.05, 0) is 0 Å². The molecule has 0 spiro atoms. The average Bonchev–Trinajstić information content (AvgIpc) is 2.58. The minimum absolute atomic E-state index is 0.0743. The number of benzene rings is 1. The van der Waals surface area contributed by atoms with E-state index in [1.165, 1.54) is 0 Å². The van der Waals surface area contributed by atoms with Crippen LogP contribution in [0.4, 0.5) is 0 Å². The molecule has 2 unspecified atom stereocenters. The first-order valence-electron chi connectivity index (χ1n) is 9.04. The predicted molar refractivity (Wildman–Crippen MR) is 108 cm³/mol. The molecule has 0 saturated heterocycles. The molecule has 3 nitrogen and oxygen atoms in total. The first-order chi connectivity index (χ1) is 11.3. The van der Waals surface area contributed by atoms with Gasteiger partial charge in [0.15, 0.2) is 0 Å². The van der Waals surface area contributed by atoms with Gasteiger partial charge in [-0.15, -0.1) is 0 Å². The number of carbonyl (C=O) groups is 1. The minimum atomic E-state index is -1.23. The molecule has 24 heavy (non-hydrogen) atoms. The van der Waals surface area contributed by atoms with Crippen LogP contribution in [0.5, 0.6) is 0 Å². The Morgan fingerprint density at radius 2 is 1.75 bits per heavy atom. The van der Waals surface area contributed by atoms with E-state index < -0.39 is 17.6 Å². The van der Waals surface area contributed by atoms with Gasteiger partial charge in [0.1, 0.15) is 0 Å². The van der Waals surface area contributed by atoms with Gasteiger partial charge in [0, 0.05) is 0 Å². The topological polar surface area (TPSA) is 63.3 Å². The van der Waals surface area contributed by atoms with E-state index in [1.54, 1.807) is 26.0 Å². The molecule has 0 saturated carbocycles. The molecule has 1 aromatic carbocycles. The fourth-order valence-electron chi connectivity index (χ4n) is 2.90. The fraction of sp³-hybridized carbons (Fsp3) is 0.579. The van der Waals surface area contributed by atoms with Crippen LogP contribution >= 0.6 is 0 Å². The van der Waals surface area contributed by atoms with Crippen LogP contribution in [0.1, 0.15) is 65.2 Å². The molecule has 1 aliphatic heterocycles. The van der Waals surface area contributed by atoms with Crippen molar-refractivity contribution in [3.63, 3.8) is 0 Å². The van der Waals surface area contributed by atoms with E-state index >= 15 is 0 Å². The summed E-state index contributed by atoms with van der Waals surface area (Å²) in [5.41, 5.74) is 4.64. The number of hydrogen-bond donors (Lipinski definition) is 2. The van der Waals surface area contributed by atoms with Crippen molar-refractivity contribution >= 4 is 25.1 Å². The molecule has 0 radical (unpaired) electrons. The molecule has 0 aliphatic carbocycles. The van der Waals surface area contributed by atoms with Crippen LogP contribution in [0.15, 0.2) is 30.3 Å². The number of aliphatic hydroxyl groups is 1. The molecule has 132 valence electrons. The van der Waals surface area contributed by atoms with E-state index in [-0.39, 0.29) is 11.6 Å². The van der Waals surface area contributed by atoms with Gasteiger partial charge in [-0.1, -0.05) is 27.7 Å². The Morgan fingerprint density at radius 3 is 2.21 bits per heavy atom. The zero-order valence-corrected chi connectivity index (χ0v) is 16.3. The van der Waals surface area contributed by atoms with Crippen molar-refractivity contribution < 1.29 is 9.90 Å². The third-order valence-corrected chi connectivity index (χ3v) is 4.24. The van der Waals surface area contributed by atoms with E-state index in [9.17, 15) is 9.90 Å². The van der Waals surface area contributed by atoms with Crippen LogP contribution < -0.4 is 5.73 Å². The first-order valence-corrected chi connectivity index (χ1v) is 9.04. The molecule has 0 fully saturated rings. The zero-order valence-electron chi connectivity index (χ0n) is 16.3. The van der Waals surface area contributed by atoms with Crippen molar-refractivity contribution in [1.82, 2.24) is 0 Å². The molecular formula is C19H33B2NO2. The first kappa shape index (κ1) is 22.8. The molecule has 1 heterocycles. The number of nitrogens with two attached hydrogens (primary N) is 1. The van der Waals surface area contributed by atoms with Crippen LogP contribution in [0.25, 0.3) is 0 Å². The second-order valence-electron chi connectivity index (χ2n) is 6.42. The van der Waals surface area contributed by atoms with E-state index in [4.69, 9.17) is 5.73 Å². The molecule has 5 heteroatoms. The van der Waals surface area contributed by atoms with Crippen molar-refractivity contribution in [2.45, 2.75) is 65.9 Å². The fourth-order valence-corrected chi connectivity index (χ4v) is 2.90. The van der Waals surface area contributed by atoms with Crippen molar-refractivity contribution in [3.8, 4) is 0 Å². The SMILES string of the molecule is CC.CC.CC1C=BB(C(=O)c2ccccc2)C(O)(C(C)(C)N)C1. The maximum atomic E-state index is 12.7. The summed E-state index contributed by atoms with van der Waals surface area (Å²) in [6.07, 6.45) is 0.496. The maximum absolute atomic E-state index is 12.7. The van der Waals surface area contributed by atoms with E-state index in [0.717, 1.165) is 0 Å². The molecule has 3 N–H and O–H groups in total. The number of hydrogen-bond acceptors (Lipinski definition) is 3. The van der Waals surface area contributed by atoms with Crippen LogP contribution in [0, 0.1) is 5.92 Å². The van der Waals surface area contributed by atoms with Gasteiger partial charge in [0.05, 0.1) is 0 Å². The van der Waals surface area contributed by atoms with Gasteiger partial charge in [-0.25, -0.2) is 0 Å². The molecule has 2 rings (SSSR count). The Bertz CT molecular complexity index is 526. The Labute approximate surface area is 149 Å². The number of rotatable bonds is 3. The molecule has 0 amide bonds. The quantitative estimate of drug-likeness (QED) is 0.838. The van der Waals surface area contributed by atoms with Gasteiger partial charge in [0.25, 0.3) is 0 Å². The molecular weight excluding hydrogens is 296 g/mol. The average molecular weight is 329 g/mol. The van der Waals surface area contributed by atoms with Crippen molar-refractivity contribution in [1.29, 1.82) is 0 Å². The summed E-state index contributed by atoms with van der Waals surface area (Å²) in [4.78, 5) is 12.7. The second-order valence-corrected chi connectivity index (χ2v) is 6.42. The van der Waals surface area contributed by atoms with Crippen LogP contribution in [-0.4, -0.2) is 41.2 Å². The van der Waals surface area contributed by atoms with Gasteiger partial charge < -0.3 is 0 Å². The summed E-state index contributed by atoms with van der Waals surface area (Å²) in [6, 6.07) is 9.08. The standard InChI is InChI=1S/C15H21B2NO2.2C2H6/c1-11-9-15(20,14(2,3)18)17(16-10-11)13(19)12-7-5-4-6-8-12;2*1-2/h4-8,10-11,20H,9,18H2,1-3H3;2*1-2H3. The summed E-state index contributed by atoms with van der Waals surface area (Å²) in [5.74, 6) is 2.20. The summed E-state index contributed by atoms with van der Waals surface area (Å²) in [7, 11) is 0. The van der Waals surface area contributed by atoms with E-state index in [0.29, 0.717) is 12.0 Å². The van der Waals surface area contributed by atoms with Gasteiger partial charge in [-0.2, -0.15) is 0 Å². The monoisotopic (exact) mass is 329 g/mol. The molecule has 1 aromatic rings.